The van der Waals surface area contributed by atoms with Gasteiger partial charge in [-0.1, -0.05) is 0 Å². The van der Waals surface area contributed by atoms with E-state index in [2.05, 4.69) is 10.0 Å². The van der Waals surface area contributed by atoms with Gasteiger partial charge in [-0.2, -0.15) is 0 Å². The van der Waals surface area contributed by atoms with E-state index in [0.29, 0.717) is 18.0 Å². The highest BCUT2D eigenvalue weighted by Gasteiger charge is 2.20. The maximum atomic E-state index is 11.8. The molecule has 6 nitrogen and oxygen atoms in total. The molecule has 20 heavy (non-hydrogen) atoms. The molecule has 0 aromatic heterocycles. The molecule has 4 N–H and O–H groups in total. The summed E-state index contributed by atoms with van der Waals surface area (Å²) in [5.74, 6) is 0. The van der Waals surface area contributed by atoms with E-state index < -0.39 is 10.0 Å². The lowest BCUT2D eigenvalue weighted by Crippen LogP contribution is -2.32. The van der Waals surface area contributed by atoms with Crippen molar-refractivity contribution in [2.24, 2.45) is 0 Å². The van der Waals surface area contributed by atoms with Gasteiger partial charge in [0.1, 0.15) is 0 Å². The lowest BCUT2D eigenvalue weighted by molar-refractivity contribution is 0.0232. The third kappa shape index (κ3) is 3.41. The van der Waals surface area contributed by atoms with Gasteiger partial charge >= 0.3 is 0 Å². The third-order valence-corrected chi connectivity index (χ3v) is 4.86. The SMILES string of the molecule is CNS(=O)(=O)c1ccc(N)c(NC2CCOC(C)C2)c1. The summed E-state index contributed by atoms with van der Waals surface area (Å²) in [5, 5.41) is 3.32. The van der Waals surface area contributed by atoms with Crippen LogP contribution in [-0.4, -0.2) is 34.2 Å². The van der Waals surface area contributed by atoms with E-state index in [0.717, 1.165) is 12.8 Å². The lowest BCUT2D eigenvalue weighted by Gasteiger charge is -2.29. The van der Waals surface area contributed by atoms with Crippen LogP contribution >= 0.6 is 0 Å². The van der Waals surface area contributed by atoms with Crippen LogP contribution < -0.4 is 15.8 Å². The van der Waals surface area contributed by atoms with E-state index in [4.69, 9.17) is 10.5 Å². The molecule has 1 fully saturated rings. The maximum absolute atomic E-state index is 11.8. The zero-order chi connectivity index (χ0) is 14.8. The van der Waals surface area contributed by atoms with Crippen LogP contribution in [0.3, 0.4) is 0 Å². The number of ether oxygens (including phenoxy) is 1. The largest absolute Gasteiger partial charge is 0.397 e. The zero-order valence-electron chi connectivity index (χ0n) is 11.7. The molecule has 2 unspecified atom stereocenters. The summed E-state index contributed by atoms with van der Waals surface area (Å²) in [7, 11) is -2.07. The van der Waals surface area contributed by atoms with Gasteiger partial charge in [-0.15, -0.1) is 0 Å². The van der Waals surface area contributed by atoms with Crippen molar-refractivity contribution in [3.63, 3.8) is 0 Å². The molecule has 0 bridgehead atoms. The first-order valence-corrected chi connectivity index (χ1v) is 8.12. The van der Waals surface area contributed by atoms with Crippen LogP contribution in [0.1, 0.15) is 19.8 Å². The normalized spacial score (nSPS) is 23.5. The first kappa shape index (κ1) is 15.1. The Hall–Kier alpha value is -1.31. The van der Waals surface area contributed by atoms with E-state index in [9.17, 15) is 8.42 Å². The van der Waals surface area contributed by atoms with Crippen molar-refractivity contribution in [1.82, 2.24) is 4.72 Å². The van der Waals surface area contributed by atoms with Crippen LogP contribution in [0.4, 0.5) is 11.4 Å². The van der Waals surface area contributed by atoms with E-state index in [1.807, 2.05) is 6.92 Å². The minimum Gasteiger partial charge on any atom is -0.397 e. The van der Waals surface area contributed by atoms with E-state index in [1.165, 1.54) is 13.1 Å². The van der Waals surface area contributed by atoms with Crippen molar-refractivity contribution in [2.75, 3.05) is 24.7 Å². The monoisotopic (exact) mass is 299 g/mol. The molecular formula is C13H21N3O3S. The second-order valence-electron chi connectivity index (χ2n) is 5.00. The molecule has 0 radical (unpaired) electrons. The molecular weight excluding hydrogens is 278 g/mol. The molecule has 0 saturated carbocycles. The molecule has 1 aromatic rings. The Kier molecular flexibility index (Phi) is 4.52. The second-order valence-corrected chi connectivity index (χ2v) is 6.89. The van der Waals surface area contributed by atoms with Crippen LogP contribution in [0.5, 0.6) is 0 Å². The number of nitrogens with one attached hydrogen (secondary N) is 2. The van der Waals surface area contributed by atoms with Gasteiger partial charge in [0.15, 0.2) is 0 Å². The number of sulfonamides is 1. The van der Waals surface area contributed by atoms with Gasteiger partial charge in [-0.25, -0.2) is 13.1 Å². The third-order valence-electron chi connectivity index (χ3n) is 3.45. The van der Waals surface area contributed by atoms with E-state index in [1.54, 1.807) is 12.1 Å². The van der Waals surface area contributed by atoms with Gasteiger partial charge < -0.3 is 15.8 Å². The summed E-state index contributed by atoms with van der Waals surface area (Å²) in [6, 6.07) is 4.92. The van der Waals surface area contributed by atoms with E-state index in [-0.39, 0.29) is 17.0 Å². The maximum Gasteiger partial charge on any atom is 0.240 e. The summed E-state index contributed by atoms with van der Waals surface area (Å²) in [5.41, 5.74) is 7.11. The molecule has 0 spiro atoms. The van der Waals surface area contributed by atoms with Gasteiger partial charge in [-0.05, 0) is 45.0 Å². The molecule has 1 aliphatic heterocycles. The highest BCUT2D eigenvalue weighted by Crippen LogP contribution is 2.26. The summed E-state index contributed by atoms with van der Waals surface area (Å²) < 4.78 is 31.4. The molecule has 1 saturated heterocycles. The number of nitrogens with two attached hydrogens (primary N) is 1. The first-order valence-electron chi connectivity index (χ1n) is 6.63. The minimum atomic E-state index is -3.46. The van der Waals surface area contributed by atoms with Crippen molar-refractivity contribution in [2.45, 2.75) is 36.8 Å². The molecule has 0 aliphatic carbocycles. The van der Waals surface area contributed by atoms with Crippen LogP contribution in [0.25, 0.3) is 0 Å². The highest BCUT2D eigenvalue weighted by atomic mass is 32.2. The number of benzene rings is 1. The fourth-order valence-electron chi connectivity index (χ4n) is 2.29. The Morgan fingerprint density at radius 1 is 1.40 bits per heavy atom. The predicted octanol–water partition coefficient (Wildman–Crippen LogP) is 1.16. The van der Waals surface area contributed by atoms with Crippen LogP contribution in [0.2, 0.25) is 0 Å². The van der Waals surface area contributed by atoms with Crippen LogP contribution in [-0.2, 0) is 14.8 Å². The fourth-order valence-corrected chi connectivity index (χ4v) is 3.05. The summed E-state index contributed by atoms with van der Waals surface area (Å²) in [6.45, 7) is 2.73. The number of hydrogen-bond acceptors (Lipinski definition) is 5. The minimum absolute atomic E-state index is 0.201. The van der Waals surface area contributed by atoms with Crippen molar-refractivity contribution in [3.8, 4) is 0 Å². The van der Waals surface area contributed by atoms with Crippen LogP contribution in [0.15, 0.2) is 23.1 Å². The molecule has 2 atom stereocenters. The van der Waals surface area contributed by atoms with Crippen molar-refractivity contribution >= 4 is 21.4 Å². The standard InChI is InChI=1S/C13H21N3O3S/c1-9-7-10(5-6-19-9)16-13-8-11(3-4-12(13)14)20(17,18)15-2/h3-4,8-10,15-16H,5-7,14H2,1-2H3. The summed E-state index contributed by atoms with van der Waals surface area (Å²) in [4.78, 5) is 0.205. The Balaban J connectivity index is 2.21. The number of rotatable bonds is 4. The van der Waals surface area contributed by atoms with Gasteiger partial charge in [0.25, 0.3) is 0 Å². The Labute approximate surface area is 119 Å². The molecule has 1 aromatic carbocycles. The van der Waals surface area contributed by atoms with Crippen molar-refractivity contribution < 1.29 is 13.2 Å². The van der Waals surface area contributed by atoms with E-state index >= 15 is 0 Å². The lowest BCUT2D eigenvalue weighted by atomic mass is 10.0. The number of hydrogen-bond donors (Lipinski definition) is 3. The zero-order valence-corrected chi connectivity index (χ0v) is 12.5. The fraction of sp³-hybridized carbons (Fsp3) is 0.538. The summed E-state index contributed by atoms with van der Waals surface area (Å²) in [6.07, 6.45) is 1.96. The quantitative estimate of drug-likeness (QED) is 0.725. The smallest absolute Gasteiger partial charge is 0.240 e. The number of nitrogen functional groups attached to an aromatic ring is 1. The Morgan fingerprint density at radius 2 is 2.15 bits per heavy atom. The summed E-state index contributed by atoms with van der Waals surface area (Å²) >= 11 is 0. The molecule has 1 heterocycles. The Bertz CT molecular complexity index is 574. The van der Waals surface area contributed by atoms with Crippen molar-refractivity contribution in [1.29, 1.82) is 0 Å². The second kappa shape index (κ2) is 5.99. The molecule has 112 valence electrons. The number of anilines is 2. The topological polar surface area (TPSA) is 93.5 Å². The van der Waals surface area contributed by atoms with Gasteiger partial charge in [0.05, 0.1) is 22.4 Å². The first-order chi connectivity index (χ1) is 9.42. The average molecular weight is 299 g/mol. The Morgan fingerprint density at radius 3 is 2.80 bits per heavy atom. The molecule has 7 heteroatoms. The van der Waals surface area contributed by atoms with Crippen LogP contribution in [0, 0.1) is 0 Å². The van der Waals surface area contributed by atoms with Crippen molar-refractivity contribution in [3.05, 3.63) is 18.2 Å². The molecule has 2 rings (SSSR count). The molecule has 1 aliphatic rings. The highest BCUT2D eigenvalue weighted by molar-refractivity contribution is 7.89. The molecule has 0 amide bonds. The van der Waals surface area contributed by atoms with Gasteiger partial charge in [-0.3, -0.25) is 0 Å². The average Bonchev–Trinajstić information content (AvgIpc) is 2.41. The van der Waals surface area contributed by atoms with Gasteiger partial charge in [0, 0.05) is 12.6 Å². The van der Waals surface area contributed by atoms with Gasteiger partial charge in [0.2, 0.25) is 10.0 Å². The predicted molar refractivity (Wildman–Crippen MR) is 79.2 cm³/mol.